The van der Waals surface area contributed by atoms with Gasteiger partial charge < -0.3 is 4.57 Å². The van der Waals surface area contributed by atoms with Gasteiger partial charge >= 0.3 is 5.69 Å². The molecule has 0 radical (unpaired) electrons. The van der Waals surface area contributed by atoms with E-state index in [0.29, 0.717) is 24.3 Å². The molecule has 6 heteroatoms. The molecule has 2 aromatic rings. The van der Waals surface area contributed by atoms with Crippen molar-refractivity contribution in [3.05, 3.63) is 33.2 Å². The molecule has 2 heterocycles. The van der Waals surface area contributed by atoms with Crippen LogP contribution in [0.5, 0.6) is 0 Å². The number of rotatable bonds is 6. The number of hydrogen-bond donors (Lipinski definition) is 0. The Morgan fingerprint density at radius 2 is 1.76 bits per heavy atom. The van der Waals surface area contributed by atoms with Gasteiger partial charge in [-0.15, -0.1) is 0 Å². The van der Waals surface area contributed by atoms with Crippen molar-refractivity contribution in [2.45, 2.75) is 53.1 Å². The number of fused-ring (bicyclic) bond motifs is 1. The van der Waals surface area contributed by atoms with Crippen LogP contribution in [0.2, 0.25) is 0 Å². The first-order chi connectivity index (χ1) is 10.2. The van der Waals surface area contributed by atoms with E-state index in [1.807, 2.05) is 33.0 Å². The second-order valence-corrected chi connectivity index (χ2v) is 5.01. The highest BCUT2D eigenvalue weighted by molar-refractivity contribution is 5.72. The van der Waals surface area contributed by atoms with Gasteiger partial charge in [-0.25, -0.2) is 9.78 Å². The van der Waals surface area contributed by atoms with Gasteiger partial charge in [0, 0.05) is 19.3 Å². The van der Waals surface area contributed by atoms with Gasteiger partial charge in [-0.2, -0.15) is 0 Å². The summed E-state index contributed by atoms with van der Waals surface area (Å²) in [5, 5.41) is 0. The minimum absolute atomic E-state index is 0.262. The fraction of sp³-hybridized carbons (Fsp3) is 0.533. The van der Waals surface area contributed by atoms with Crippen LogP contribution in [0, 0.1) is 0 Å². The lowest BCUT2D eigenvalue weighted by atomic mass is 10.4. The molecule has 6 nitrogen and oxygen atoms in total. The number of hydrogen-bond acceptors (Lipinski definition) is 3. The van der Waals surface area contributed by atoms with Crippen molar-refractivity contribution in [1.82, 2.24) is 18.7 Å². The van der Waals surface area contributed by atoms with E-state index in [1.165, 1.54) is 4.57 Å². The highest BCUT2D eigenvalue weighted by Gasteiger charge is 2.16. The molecule has 0 spiro atoms. The zero-order valence-corrected chi connectivity index (χ0v) is 12.9. The Hall–Kier alpha value is -2.11. The molecular formula is C15H22N4O2. The van der Waals surface area contributed by atoms with E-state index in [-0.39, 0.29) is 11.2 Å². The van der Waals surface area contributed by atoms with Crippen molar-refractivity contribution >= 4 is 17.4 Å². The average molecular weight is 290 g/mol. The number of aromatic nitrogens is 4. The lowest BCUT2D eigenvalue weighted by Crippen LogP contribution is -2.40. The zero-order valence-electron chi connectivity index (χ0n) is 12.9. The van der Waals surface area contributed by atoms with Crippen molar-refractivity contribution < 1.29 is 0 Å². The molecular weight excluding hydrogens is 268 g/mol. The summed E-state index contributed by atoms with van der Waals surface area (Å²) >= 11 is 0. The van der Waals surface area contributed by atoms with Crippen LogP contribution < -0.4 is 11.2 Å². The lowest BCUT2D eigenvalue weighted by molar-refractivity contribution is 0.555. The normalized spacial score (nSPS) is 11.8. The fourth-order valence-electron chi connectivity index (χ4n) is 2.38. The highest BCUT2D eigenvalue weighted by atomic mass is 16.2. The zero-order chi connectivity index (χ0) is 15.4. The Labute approximate surface area is 123 Å². The number of allylic oxidation sites excluding steroid dienone is 1. The third kappa shape index (κ3) is 2.70. The molecule has 2 aromatic heterocycles. The van der Waals surface area contributed by atoms with E-state index < -0.39 is 0 Å². The van der Waals surface area contributed by atoms with Gasteiger partial charge in [0.1, 0.15) is 6.33 Å². The minimum Gasteiger partial charge on any atom is -0.300 e. The van der Waals surface area contributed by atoms with E-state index >= 15 is 0 Å². The smallest absolute Gasteiger partial charge is 0.300 e. The Bertz CT molecular complexity index is 764. The van der Waals surface area contributed by atoms with Crippen LogP contribution in [0.3, 0.4) is 0 Å². The monoisotopic (exact) mass is 290 g/mol. The molecule has 0 N–H and O–H groups in total. The predicted octanol–water partition coefficient (Wildman–Crippen LogP) is 2.06. The summed E-state index contributed by atoms with van der Waals surface area (Å²) in [5.74, 6) is 0. The summed E-state index contributed by atoms with van der Waals surface area (Å²) in [6.07, 6.45) is 7.81. The van der Waals surface area contributed by atoms with Crippen LogP contribution in [-0.4, -0.2) is 18.7 Å². The lowest BCUT2D eigenvalue weighted by Gasteiger charge is -2.10. The molecule has 0 aliphatic rings. The SMILES string of the molecule is CC/C=C/n1cnc2c1c(=O)n(CCC)c(=O)n2CCC. The summed E-state index contributed by atoms with van der Waals surface area (Å²) in [5.41, 5.74) is 0.421. The second-order valence-electron chi connectivity index (χ2n) is 5.01. The molecule has 0 unspecified atom stereocenters. The fourth-order valence-corrected chi connectivity index (χ4v) is 2.38. The van der Waals surface area contributed by atoms with Crippen LogP contribution in [0.4, 0.5) is 0 Å². The average Bonchev–Trinajstić information content (AvgIpc) is 2.89. The Morgan fingerprint density at radius 1 is 1.10 bits per heavy atom. The van der Waals surface area contributed by atoms with Crippen LogP contribution >= 0.6 is 0 Å². The quantitative estimate of drug-likeness (QED) is 0.818. The standard InChI is InChI=1S/C15H22N4O2/c1-4-7-10-17-11-16-13-12(17)14(20)19(9-6-3)15(21)18(13)8-5-2/h7,10-11H,4-6,8-9H2,1-3H3/b10-7+. The number of imidazole rings is 1. The van der Waals surface area contributed by atoms with Gasteiger partial charge in [0.2, 0.25) is 0 Å². The number of aryl methyl sites for hydroxylation is 1. The summed E-state index contributed by atoms with van der Waals surface area (Å²) < 4.78 is 4.62. The van der Waals surface area contributed by atoms with E-state index in [1.54, 1.807) is 15.5 Å². The van der Waals surface area contributed by atoms with Crippen molar-refractivity contribution in [1.29, 1.82) is 0 Å². The van der Waals surface area contributed by atoms with Crippen molar-refractivity contribution in [2.75, 3.05) is 0 Å². The molecule has 0 aliphatic carbocycles. The molecule has 0 saturated heterocycles. The Balaban J connectivity index is 2.83. The molecule has 2 rings (SSSR count). The van der Waals surface area contributed by atoms with Crippen LogP contribution in [-0.2, 0) is 13.1 Å². The van der Waals surface area contributed by atoms with Crippen molar-refractivity contribution in [3.8, 4) is 0 Å². The van der Waals surface area contributed by atoms with Gasteiger partial charge in [0.25, 0.3) is 5.56 Å². The van der Waals surface area contributed by atoms with E-state index in [9.17, 15) is 9.59 Å². The van der Waals surface area contributed by atoms with Gasteiger partial charge in [0.15, 0.2) is 11.2 Å². The predicted molar refractivity (Wildman–Crippen MR) is 84.5 cm³/mol. The molecule has 0 fully saturated rings. The van der Waals surface area contributed by atoms with Crippen LogP contribution in [0.1, 0.15) is 40.0 Å². The van der Waals surface area contributed by atoms with Gasteiger partial charge in [0.05, 0.1) is 0 Å². The van der Waals surface area contributed by atoms with Gasteiger partial charge in [-0.05, 0) is 19.3 Å². The highest BCUT2D eigenvalue weighted by Crippen LogP contribution is 2.08. The van der Waals surface area contributed by atoms with E-state index in [0.717, 1.165) is 19.3 Å². The summed E-state index contributed by atoms with van der Waals surface area (Å²) in [4.78, 5) is 29.3. The van der Waals surface area contributed by atoms with Crippen molar-refractivity contribution in [3.63, 3.8) is 0 Å². The number of nitrogens with zero attached hydrogens (tertiary/aromatic N) is 4. The van der Waals surface area contributed by atoms with Crippen LogP contribution in [0.15, 0.2) is 22.0 Å². The molecule has 0 aliphatic heterocycles. The van der Waals surface area contributed by atoms with E-state index in [4.69, 9.17) is 0 Å². The van der Waals surface area contributed by atoms with Crippen molar-refractivity contribution in [2.24, 2.45) is 0 Å². The first kappa shape index (κ1) is 15.3. The third-order valence-corrected chi connectivity index (χ3v) is 3.34. The molecule has 0 saturated carbocycles. The molecule has 0 atom stereocenters. The second kappa shape index (κ2) is 6.56. The molecule has 114 valence electrons. The Morgan fingerprint density at radius 3 is 2.38 bits per heavy atom. The molecule has 0 aromatic carbocycles. The maximum Gasteiger partial charge on any atom is 0.332 e. The maximum atomic E-state index is 12.6. The first-order valence-electron chi connectivity index (χ1n) is 7.52. The van der Waals surface area contributed by atoms with E-state index in [2.05, 4.69) is 4.98 Å². The summed E-state index contributed by atoms with van der Waals surface area (Å²) in [6, 6.07) is 0. The Kier molecular flexibility index (Phi) is 4.77. The third-order valence-electron chi connectivity index (χ3n) is 3.34. The molecule has 21 heavy (non-hydrogen) atoms. The largest absolute Gasteiger partial charge is 0.332 e. The summed E-state index contributed by atoms with van der Waals surface area (Å²) in [6.45, 7) is 6.97. The summed E-state index contributed by atoms with van der Waals surface area (Å²) in [7, 11) is 0. The van der Waals surface area contributed by atoms with Crippen LogP contribution in [0.25, 0.3) is 17.4 Å². The maximum absolute atomic E-state index is 12.6. The topological polar surface area (TPSA) is 61.8 Å². The van der Waals surface area contributed by atoms with Gasteiger partial charge in [-0.3, -0.25) is 13.9 Å². The first-order valence-corrected chi connectivity index (χ1v) is 7.52. The molecule has 0 amide bonds. The molecule has 0 bridgehead atoms. The minimum atomic E-state index is -0.263. The van der Waals surface area contributed by atoms with Gasteiger partial charge in [-0.1, -0.05) is 26.8 Å².